The molecule has 0 amide bonds. The van der Waals surface area contributed by atoms with Gasteiger partial charge < -0.3 is 9.84 Å². The number of hydrogen-bond acceptors (Lipinski definition) is 2. The predicted molar refractivity (Wildman–Crippen MR) is 66.1 cm³/mol. The smallest absolute Gasteiger partial charge is 0.120 e. The molecule has 0 radical (unpaired) electrons. The molecule has 0 saturated carbocycles. The zero-order valence-corrected chi connectivity index (χ0v) is 10.3. The molecule has 0 aliphatic heterocycles. The van der Waals surface area contributed by atoms with E-state index >= 15 is 0 Å². The second-order valence-corrected chi connectivity index (χ2v) is 3.81. The van der Waals surface area contributed by atoms with E-state index in [0.29, 0.717) is 10.8 Å². The van der Waals surface area contributed by atoms with Gasteiger partial charge >= 0.3 is 0 Å². The summed E-state index contributed by atoms with van der Waals surface area (Å²) in [4.78, 5) is 0. The second kappa shape index (κ2) is 6.27. The van der Waals surface area contributed by atoms with Crippen molar-refractivity contribution < 1.29 is 9.84 Å². The summed E-state index contributed by atoms with van der Waals surface area (Å²) >= 11 is 7.81. The van der Waals surface area contributed by atoms with Crippen molar-refractivity contribution in [2.45, 2.75) is 6.10 Å². The fourth-order valence-corrected chi connectivity index (χ4v) is 1.54. The standard InChI is InChI=1S/C10H10ClIO2/c11-8-2-1-3-10(6-8)14-7-9(13)4-5-12/h1-6,9,13H,7H2/b5-4+. The van der Waals surface area contributed by atoms with Crippen molar-refractivity contribution in [3.8, 4) is 5.75 Å². The highest BCUT2D eigenvalue weighted by molar-refractivity contribution is 14.1. The summed E-state index contributed by atoms with van der Waals surface area (Å²) in [6, 6.07) is 7.09. The molecule has 1 atom stereocenters. The van der Waals surface area contributed by atoms with Crippen LogP contribution in [0.4, 0.5) is 0 Å². The molecule has 14 heavy (non-hydrogen) atoms. The normalized spacial score (nSPS) is 13.1. The Morgan fingerprint density at radius 1 is 1.57 bits per heavy atom. The van der Waals surface area contributed by atoms with Crippen molar-refractivity contribution in [3.63, 3.8) is 0 Å². The third-order valence-electron chi connectivity index (χ3n) is 1.51. The van der Waals surface area contributed by atoms with E-state index in [1.165, 1.54) is 0 Å². The van der Waals surface area contributed by atoms with Crippen LogP contribution in [0, 0.1) is 0 Å². The van der Waals surface area contributed by atoms with Gasteiger partial charge in [0.25, 0.3) is 0 Å². The average Bonchev–Trinajstić information content (AvgIpc) is 2.15. The zero-order chi connectivity index (χ0) is 10.4. The van der Waals surface area contributed by atoms with Crippen LogP contribution in [0.5, 0.6) is 5.75 Å². The number of rotatable bonds is 4. The van der Waals surface area contributed by atoms with E-state index in [2.05, 4.69) is 0 Å². The van der Waals surface area contributed by atoms with Crippen molar-refractivity contribution >= 4 is 34.2 Å². The molecule has 1 N–H and O–H groups in total. The number of halogens is 2. The quantitative estimate of drug-likeness (QED) is 0.863. The molecule has 4 heteroatoms. The highest BCUT2D eigenvalue weighted by Crippen LogP contribution is 2.17. The molecule has 1 rings (SSSR count). The van der Waals surface area contributed by atoms with Crippen LogP contribution in [0.1, 0.15) is 0 Å². The fraction of sp³-hybridized carbons (Fsp3) is 0.200. The summed E-state index contributed by atoms with van der Waals surface area (Å²) in [6.07, 6.45) is 1.08. The summed E-state index contributed by atoms with van der Waals surface area (Å²) in [5, 5.41) is 9.96. The molecule has 0 saturated heterocycles. The first-order chi connectivity index (χ1) is 6.72. The van der Waals surface area contributed by atoms with Crippen molar-refractivity contribution in [2.24, 2.45) is 0 Å². The Labute approximate surface area is 102 Å². The van der Waals surface area contributed by atoms with Crippen LogP contribution in [0.3, 0.4) is 0 Å². The lowest BCUT2D eigenvalue weighted by Crippen LogP contribution is -2.14. The first kappa shape index (κ1) is 11.8. The van der Waals surface area contributed by atoms with Crippen LogP contribution in [0.25, 0.3) is 0 Å². The Bertz CT molecular complexity index is 315. The molecule has 1 unspecified atom stereocenters. The highest BCUT2D eigenvalue weighted by atomic mass is 127. The second-order valence-electron chi connectivity index (χ2n) is 2.65. The molecule has 1 aromatic rings. The van der Waals surface area contributed by atoms with Gasteiger partial charge in [-0.2, -0.15) is 0 Å². The van der Waals surface area contributed by atoms with Crippen LogP contribution >= 0.6 is 34.2 Å². The minimum Gasteiger partial charge on any atom is -0.491 e. The number of ether oxygens (including phenoxy) is 1. The number of benzene rings is 1. The molecule has 0 fully saturated rings. The Hall–Kier alpha value is -0.260. The maximum absolute atomic E-state index is 9.33. The molecule has 76 valence electrons. The predicted octanol–water partition coefficient (Wildman–Crippen LogP) is 3.03. The van der Waals surface area contributed by atoms with Crippen LogP contribution in [-0.2, 0) is 0 Å². The molecule has 0 heterocycles. The maximum atomic E-state index is 9.33. The van der Waals surface area contributed by atoms with Gasteiger partial charge in [0.05, 0.1) is 0 Å². The lowest BCUT2D eigenvalue weighted by Gasteiger charge is -2.08. The molecule has 1 aromatic carbocycles. The van der Waals surface area contributed by atoms with Crippen LogP contribution in [0.15, 0.2) is 34.4 Å². The first-order valence-corrected chi connectivity index (χ1v) is 5.68. The summed E-state index contributed by atoms with van der Waals surface area (Å²) in [7, 11) is 0. The SMILES string of the molecule is OC(/C=C/I)COc1cccc(Cl)c1. The summed E-state index contributed by atoms with van der Waals surface area (Å²) in [5.41, 5.74) is 0. The molecule has 0 aliphatic carbocycles. The minimum atomic E-state index is -0.578. The van der Waals surface area contributed by atoms with Crippen LogP contribution in [0.2, 0.25) is 5.02 Å². The molecule has 0 spiro atoms. The number of hydrogen-bond donors (Lipinski definition) is 1. The van der Waals surface area contributed by atoms with E-state index in [-0.39, 0.29) is 6.61 Å². The van der Waals surface area contributed by atoms with Gasteiger partial charge in [0.2, 0.25) is 0 Å². The summed E-state index contributed by atoms with van der Waals surface area (Å²) in [6.45, 7) is 0.236. The van der Waals surface area contributed by atoms with E-state index in [1.54, 1.807) is 34.4 Å². The van der Waals surface area contributed by atoms with Gasteiger partial charge in [-0.25, -0.2) is 0 Å². The van der Waals surface area contributed by atoms with Crippen molar-refractivity contribution in [1.82, 2.24) is 0 Å². The van der Waals surface area contributed by atoms with E-state index in [4.69, 9.17) is 16.3 Å². The van der Waals surface area contributed by atoms with Crippen molar-refractivity contribution in [1.29, 1.82) is 0 Å². The van der Waals surface area contributed by atoms with E-state index < -0.39 is 6.10 Å². The summed E-state index contributed by atoms with van der Waals surface area (Å²) in [5.74, 6) is 0.665. The Morgan fingerprint density at radius 3 is 3.00 bits per heavy atom. The third-order valence-corrected chi connectivity index (χ3v) is 2.16. The Morgan fingerprint density at radius 2 is 2.36 bits per heavy atom. The first-order valence-electron chi connectivity index (χ1n) is 4.05. The van der Waals surface area contributed by atoms with E-state index in [9.17, 15) is 5.11 Å². The molecule has 0 aromatic heterocycles. The van der Waals surface area contributed by atoms with Crippen LogP contribution in [-0.4, -0.2) is 17.8 Å². The van der Waals surface area contributed by atoms with Gasteiger partial charge in [-0.3, -0.25) is 0 Å². The molecule has 2 nitrogen and oxygen atoms in total. The molecule has 0 bridgehead atoms. The number of aliphatic hydroxyl groups excluding tert-OH is 1. The van der Waals surface area contributed by atoms with Crippen molar-refractivity contribution in [3.05, 3.63) is 39.4 Å². The minimum absolute atomic E-state index is 0.236. The van der Waals surface area contributed by atoms with Crippen LogP contribution < -0.4 is 4.74 Å². The van der Waals surface area contributed by atoms with E-state index in [1.807, 2.05) is 22.6 Å². The monoisotopic (exact) mass is 324 g/mol. The van der Waals surface area contributed by atoms with Gasteiger partial charge in [-0.05, 0) is 28.4 Å². The summed E-state index contributed by atoms with van der Waals surface area (Å²) < 4.78 is 7.07. The average molecular weight is 325 g/mol. The Kier molecular flexibility index (Phi) is 5.29. The topological polar surface area (TPSA) is 29.5 Å². The Balaban J connectivity index is 2.45. The molecule has 0 aliphatic rings. The van der Waals surface area contributed by atoms with Gasteiger partial charge in [0, 0.05) is 5.02 Å². The highest BCUT2D eigenvalue weighted by Gasteiger charge is 2.00. The van der Waals surface area contributed by atoms with Gasteiger partial charge in [0.15, 0.2) is 0 Å². The molecular weight excluding hydrogens is 314 g/mol. The van der Waals surface area contributed by atoms with Gasteiger partial charge in [0.1, 0.15) is 18.5 Å². The molecular formula is C10H10ClIO2. The van der Waals surface area contributed by atoms with Gasteiger partial charge in [-0.1, -0.05) is 40.3 Å². The zero-order valence-electron chi connectivity index (χ0n) is 7.36. The van der Waals surface area contributed by atoms with Gasteiger partial charge in [-0.15, -0.1) is 0 Å². The van der Waals surface area contributed by atoms with Crippen molar-refractivity contribution in [2.75, 3.05) is 6.61 Å². The number of aliphatic hydroxyl groups is 1. The fourth-order valence-electron chi connectivity index (χ4n) is 0.878. The third kappa shape index (κ3) is 4.30. The largest absolute Gasteiger partial charge is 0.491 e. The maximum Gasteiger partial charge on any atom is 0.120 e. The van der Waals surface area contributed by atoms with E-state index in [0.717, 1.165) is 0 Å². The lowest BCUT2D eigenvalue weighted by molar-refractivity contribution is 0.145. The lowest BCUT2D eigenvalue weighted by atomic mass is 10.3.